The number of non-ortho nitro benzene ring substituents is 1. The summed E-state index contributed by atoms with van der Waals surface area (Å²) in [6.07, 6.45) is 1.78. The molecule has 0 saturated carbocycles. The van der Waals surface area contributed by atoms with Crippen molar-refractivity contribution in [3.8, 4) is 0 Å². The van der Waals surface area contributed by atoms with E-state index in [1.807, 2.05) is 0 Å². The van der Waals surface area contributed by atoms with Gasteiger partial charge in [-0.05, 0) is 24.9 Å². The van der Waals surface area contributed by atoms with Gasteiger partial charge in [0.05, 0.1) is 4.92 Å². The van der Waals surface area contributed by atoms with E-state index in [9.17, 15) is 14.9 Å². The molecule has 0 spiro atoms. The number of rotatable bonds is 7. The molecule has 6 heteroatoms. The Hall–Kier alpha value is -1.95. The zero-order valence-electron chi connectivity index (χ0n) is 10.1. The van der Waals surface area contributed by atoms with Crippen molar-refractivity contribution in [2.24, 2.45) is 5.73 Å². The Kier molecular flexibility index (Phi) is 5.79. The summed E-state index contributed by atoms with van der Waals surface area (Å²) < 4.78 is 0. The minimum absolute atomic E-state index is 0.0117. The van der Waals surface area contributed by atoms with E-state index in [0.717, 1.165) is 5.56 Å². The molecule has 1 aromatic rings. The highest BCUT2D eigenvalue weighted by molar-refractivity contribution is 5.75. The molecule has 0 bridgehead atoms. The predicted molar refractivity (Wildman–Crippen MR) is 68.1 cm³/mol. The van der Waals surface area contributed by atoms with Gasteiger partial charge in [-0.25, -0.2) is 0 Å². The molecule has 18 heavy (non-hydrogen) atoms. The third kappa shape index (κ3) is 4.92. The molecule has 1 aromatic carbocycles. The third-order valence-electron chi connectivity index (χ3n) is 2.49. The summed E-state index contributed by atoms with van der Waals surface area (Å²) in [4.78, 5) is 21.3. The number of nitrogens with zero attached hydrogens (tertiary/aromatic N) is 1. The number of amides is 1. The van der Waals surface area contributed by atoms with Crippen molar-refractivity contribution in [2.75, 3.05) is 13.1 Å². The lowest BCUT2D eigenvalue weighted by atomic mass is 10.1. The summed E-state index contributed by atoms with van der Waals surface area (Å²) in [5, 5.41) is 13.2. The molecule has 6 nitrogen and oxygen atoms in total. The van der Waals surface area contributed by atoms with Crippen molar-refractivity contribution in [3.05, 3.63) is 39.9 Å². The van der Waals surface area contributed by atoms with Crippen molar-refractivity contribution in [1.29, 1.82) is 0 Å². The van der Waals surface area contributed by atoms with Crippen LogP contribution in [0.25, 0.3) is 0 Å². The molecule has 0 unspecified atom stereocenters. The van der Waals surface area contributed by atoms with Gasteiger partial charge in [0, 0.05) is 25.1 Å². The van der Waals surface area contributed by atoms with Crippen LogP contribution in [0.3, 0.4) is 0 Å². The van der Waals surface area contributed by atoms with Crippen LogP contribution in [0.2, 0.25) is 0 Å². The van der Waals surface area contributed by atoms with Gasteiger partial charge in [-0.2, -0.15) is 0 Å². The number of carbonyl (C=O) groups excluding carboxylic acids is 1. The first kappa shape index (κ1) is 14.1. The van der Waals surface area contributed by atoms with Crippen molar-refractivity contribution in [2.45, 2.75) is 19.3 Å². The Morgan fingerprint density at radius 2 is 2.00 bits per heavy atom. The average Bonchev–Trinajstić information content (AvgIpc) is 2.37. The first-order valence-corrected chi connectivity index (χ1v) is 5.83. The molecule has 0 aromatic heterocycles. The Labute approximate surface area is 105 Å². The molecule has 0 aliphatic carbocycles. The topological polar surface area (TPSA) is 98.3 Å². The summed E-state index contributed by atoms with van der Waals surface area (Å²) in [7, 11) is 0. The second kappa shape index (κ2) is 7.39. The van der Waals surface area contributed by atoms with E-state index >= 15 is 0 Å². The molecule has 3 N–H and O–H groups in total. The van der Waals surface area contributed by atoms with Gasteiger partial charge in [0.15, 0.2) is 0 Å². The fourth-order valence-corrected chi connectivity index (χ4v) is 1.48. The summed E-state index contributed by atoms with van der Waals surface area (Å²) in [5.41, 5.74) is 6.33. The van der Waals surface area contributed by atoms with E-state index < -0.39 is 4.92 Å². The monoisotopic (exact) mass is 251 g/mol. The molecule has 0 heterocycles. The zero-order valence-corrected chi connectivity index (χ0v) is 10.1. The van der Waals surface area contributed by atoms with Gasteiger partial charge in [-0.3, -0.25) is 14.9 Å². The first-order valence-electron chi connectivity index (χ1n) is 5.83. The van der Waals surface area contributed by atoms with Crippen molar-refractivity contribution < 1.29 is 9.72 Å². The van der Waals surface area contributed by atoms with Crippen LogP contribution in [-0.2, 0) is 11.2 Å². The molecular formula is C12H17N3O3. The largest absolute Gasteiger partial charge is 0.356 e. The van der Waals surface area contributed by atoms with Crippen molar-refractivity contribution in [3.63, 3.8) is 0 Å². The van der Waals surface area contributed by atoms with Crippen LogP contribution in [-0.4, -0.2) is 23.9 Å². The van der Waals surface area contributed by atoms with E-state index in [4.69, 9.17) is 5.73 Å². The lowest BCUT2D eigenvalue weighted by Crippen LogP contribution is -2.25. The normalized spacial score (nSPS) is 10.1. The molecule has 0 aliphatic heterocycles. The number of benzene rings is 1. The number of hydrogen-bond donors (Lipinski definition) is 2. The summed E-state index contributed by atoms with van der Waals surface area (Å²) in [5.74, 6) is -0.0117. The van der Waals surface area contributed by atoms with Crippen LogP contribution in [0, 0.1) is 10.1 Å². The number of nitro benzene ring substituents is 1. The predicted octanol–water partition coefficient (Wildman–Crippen LogP) is 0.992. The number of hydrogen-bond acceptors (Lipinski definition) is 4. The second-order valence-corrected chi connectivity index (χ2v) is 3.92. The number of nitrogens with two attached hydrogens (primary N) is 1. The highest BCUT2D eigenvalue weighted by Crippen LogP contribution is 2.11. The molecule has 0 saturated heterocycles. The number of nitro groups is 1. The van der Waals surface area contributed by atoms with E-state index in [0.29, 0.717) is 32.4 Å². The maximum atomic E-state index is 11.3. The number of nitrogens with one attached hydrogen (secondary N) is 1. The maximum Gasteiger partial charge on any atom is 0.269 e. The minimum Gasteiger partial charge on any atom is -0.356 e. The van der Waals surface area contributed by atoms with Gasteiger partial charge in [-0.1, -0.05) is 12.1 Å². The first-order chi connectivity index (χ1) is 8.63. The smallest absolute Gasteiger partial charge is 0.269 e. The Bertz CT molecular complexity index is 404. The van der Waals surface area contributed by atoms with E-state index in [-0.39, 0.29) is 11.6 Å². The minimum atomic E-state index is -0.432. The Balaban J connectivity index is 2.31. The standard InChI is InChI=1S/C12H17N3O3/c13-8-1-2-12(16)14-9-7-10-3-5-11(6-4-10)15(17)18/h3-6H,1-2,7-9,13H2,(H,14,16). The Morgan fingerprint density at radius 1 is 1.33 bits per heavy atom. The van der Waals surface area contributed by atoms with Crippen LogP contribution in [0.5, 0.6) is 0 Å². The maximum absolute atomic E-state index is 11.3. The van der Waals surface area contributed by atoms with Crippen LogP contribution in [0.4, 0.5) is 5.69 Å². The molecule has 0 atom stereocenters. The SMILES string of the molecule is NCCCC(=O)NCCc1ccc([N+](=O)[O-])cc1. The molecule has 98 valence electrons. The highest BCUT2D eigenvalue weighted by Gasteiger charge is 2.04. The van der Waals surface area contributed by atoms with E-state index in [1.54, 1.807) is 12.1 Å². The van der Waals surface area contributed by atoms with Gasteiger partial charge in [-0.15, -0.1) is 0 Å². The van der Waals surface area contributed by atoms with E-state index in [2.05, 4.69) is 5.32 Å². The second-order valence-electron chi connectivity index (χ2n) is 3.92. The lowest BCUT2D eigenvalue weighted by molar-refractivity contribution is -0.384. The van der Waals surface area contributed by atoms with Gasteiger partial charge in [0.1, 0.15) is 0 Å². The van der Waals surface area contributed by atoms with Crippen LogP contribution in [0.1, 0.15) is 18.4 Å². The van der Waals surface area contributed by atoms with Crippen LogP contribution < -0.4 is 11.1 Å². The third-order valence-corrected chi connectivity index (χ3v) is 2.49. The van der Waals surface area contributed by atoms with Gasteiger partial charge >= 0.3 is 0 Å². The van der Waals surface area contributed by atoms with Crippen molar-refractivity contribution in [1.82, 2.24) is 5.32 Å². The molecule has 1 amide bonds. The van der Waals surface area contributed by atoms with Gasteiger partial charge < -0.3 is 11.1 Å². The molecular weight excluding hydrogens is 234 g/mol. The highest BCUT2D eigenvalue weighted by atomic mass is 16.6. The summed E-state index contributed by atoms with van der Waals surface area (Å²) in [6.45, 7) is 1.04. The van der Waals surface area contributed by atoms with Crippen LogP contribution >= 0.6 is 0 Å². The zero-order chi connectivity index (χ0) is 13.4. The number of carbonyl (C=O) groups is 1. The molecule has 0 aliphatic rings. The van der Waals surface area contributed by atoms with Crippen LogP contribution in [0.15, 0.2) is 24.3 Å². The lowest BCUT2D eigenvalue weighted by Gasteiger charge is -2.04. The quantitative estimate of drug-likeness (QED) is 0.557. The molecule has 0 radical (unpaired) electrons. The van der Waals surface area contributed by atoms with E-state index in [1.165, 1.54) is 12.1 Å². The van der Waals surface area contributed by atoms with Crippen molar-refractivity contribution >= 4 is 11.6 Å². The van der Waals surface area contributed by atoms with Gasteiger partial charge in [0.2, 0.25) is 5.91 Å². The summed E-state index contributed by atoms with van der Waals surface area (Å²) >= 11 is 0. The molecule has 0 fully saturated rings. The fourth-order valence-electron chi connectivity index (χ4n) is 1.48. The average molecular weight is 251 g/mol. The Morgan fingerprint density at radius 3 is 2.56 bits per heavy atom. The van der Waals surface area contributed by atoms with Gasteiger partial charge in [0.25, 0.3) is 5.69 Å². The summed E-state index contributed by atoms with van der Waals surface area (Å²) in [6, 6.07) is 6.32. The fraction of sp³-hybridized carbons (Fsp3) is 0.417. The molecule has 1 rings (SSSR count).